The van der Waals surface area contributed by atoms with E-state index in [1.807, 2.05) is 31.3 Å². The van der Waals surface area contributed by atoms with Gasteiger partial charge in [0.2, 0.25) is 0 Å². The third kappa shape index (κ3) is 3.30. The van der Waals surface area contributed by atoms with Gasteiger partial charge in [0.15, 0.2) is 0 Å². The Labute approximate surface area is 73.1 Å². The molecule has 0 fully saturated rings. The van der Waals surface area contributed by atoms with Gasteiger partial charge in [0.1, 0.15) is 0 Å². The van der Waals surface area contributed by atoms with Gasteiger partial charge in [-0.15, -0.1) is 0 Å². The van der Waals surface area contributed by atoms with Crippen LogP contribution < -0.4 is 5.73 Å². The molecule has 0 bridgehead atoms. The first-order chi connectivity index (χ1) is 5.79. The lowest BCUT2D eigenvalue weighted by Gasteiger charge is -1.97. The summed E-state index contributed by atoms with van der Waals surface area (Å²) in [6.07, 6.45) is 8.62. The minimum atomic E-state index is 0.234. The van der Waals surface area contributed by atoms with Gasteiger partial charge < -0.3 is 5.73 Å². The van der Waals surface area contributed by atoms with E-state index in [1.54, 1.807) is 6.20 Å². The molecule has 0 aliphatic rings. The van der Waals surface area contributed by atoms with Crippen LogP contribution in [0, 0.1) is 0 Å². The van der Waals surface area contributed by atoms with Crippen LogP contribution in [0.5, 0.6) is 0 Å². The van der Waals surface area contributed by atoms with Crippen molar-refractivity contribution in [3.63, 3.8) is 0 Å². The van der Waals surface area contributed by atoms with Crippen molar-refractivity contribution in [2.45, 2.75) is 19.4 Å². The summed E-state index contributed by atoms with van der Waals surface area (Å²) in [6, 6.07) is 4.17. The molecule has 0 saturated carbocycles. The highest BCUT2D eigenvalue weighted by molar-refractivity contribution is 5.47. The van der Waals surface area contributed by atoms with Crippen LogP contribution in [0.2, 0.25) is 0 Å². The summed E-state index contributed by atoms with van der Waals surface area (Å²) < 4.78 is 0. The molecule has 12 heavy (non-hydrogen) atoms. The fourth-order valence-electron chi connectivity index (χ4n) is 0.893. The van der Waals surface area contributed by atoms with Gasteiger partial charge in [-0.25, -0.2) is 0 Å². The van der Waals surface area contributed by atoms with E-state index in [2.05, 4.69) is 11.1 Å². The van der Waals surface area contributed by atoms with Crippen LogP contribution in [0.3, 0.4) is 0 Å². The second kappa shape index (κ2) is 4.67. The fourth-order valence-corrected chi connectivity index (χ4v) is 0.893. The van der Waals surface area contributed by atoms with E-state index in [0.29, 0.717) is 0 Å². The minimum Gasteiger partial charge on any atom is -0.328 e. The van der Waals surface area contributed by atoms with Crippen LogP contribution in [0.1, 0.15) is 18.9 Å². The molecule has 0 spiro atoms. The Morgan fingerprint density at radius 1 is 1.67 bits per heavy atom. The standard InChI is InChI=1S/C10H14N2/c1-9(11)4-2-5-10-6-3-7-12-8-10/h2-3,5-9H,4,11H2,1H3/b5-2+. The lowest BCUT2D eigenvalue weighted by molar-refractivity contribution is 0.759. The van der Waals surface area contributed by atoms with Crippen LogP contribution >= 0.6 is 0 Å². The number of nitrogens with zero attached hydrogens (tertiary/aromatic N) is 1. The van der Waals surface area contributed by atoms with E-state index in [4.69, 9.17) is 5.73 Å². The highest BCUT2D eigenvalue weighted by atomic mass is 14.6. The molecule has 2 N–H and O–H groups in total. The Kier molecular flexibility index (Phi) is 3.48. The maximum absolute atomic E-state index is 5.59. The minimum absolute atomic E-state index is 0.234. The van der Waals surface area contributed by atoms with Gasteiger partial charge in [-0.2, -0.15) is 0 Å². The molecule has 1 aromatic rings. The molecule has 0 aromatic carbocycles. The molecule has 2 nitrogen and oxygen atoms in total. The zero-order valence-electron chi connectivity index (χ0n) is 7.27. The maximum Gasteiger partial charge on any atom is 0.0340 e. The van der Waals surface area contributed by atoms with Crippen molar-refractivity contribution < 1.29 is 0 Å². The Morgan fingerprint density at radius 3 is 3.08 bits per heavy atom. The summed E-state index contributed by atoms with van der Waals surface area (Å²) in [5.41, 5.74) is 6.71. The topological polar surface area (TPSA) is 38.9 Å². The first-order valence-electron chi connectivity index (χ1n) is 4.11. The smallest absolute Gasteiger partial charge is 0.0340 e. The highest BCUT2D eigenvalue weighted by Crippen LogP contribution is 2.00. The predicted octanol–water partition coefficient (Wildman–Crippen LogP) is 1.83. The van der Waals surface area contributed by atoms with Crippen LogP contribution in [0.15, 0.2) is 30.6 Å². The lowest BCUT2D eigenvalue weighted by Crippen LogP contribution is -2.12. The normalized spacial score (nSPS) is 13.5. The number of nitrogens with two attached hydrogens (primary N) is 1. The molecule has 1 aromatic heterocycles. The summed E-state index contributed by atoms with van der Waals surface area (Å²) in [4.78, 5) is 4.00. The van der Waals surface area contributed by atoms with Gasteiger partial charge in [-0.3, -0.25) is 4.98 Å². The van der Waals surface area contributed by atoms with E-state index in [-0.39, 0.29) is 6.04 Å². The molecule has 0 amide bonds. The highest BCUT2D eigenvalue weighted by Gasteiger charge is 1.87. The van der Waals surface area contributed by atoms with Crippen molar-refractivity contribution in [2.24, 2.45) is 5.73 Å². The molecule has 1 rings (SSSR count). The van der Waals surface area contributed by atoms with Crippen LogP contribution in [0.25, 0.3) is 6.08 Å². The fraction of sp³-hybridized carbons (Fsp3) is 0.300. The number of aromatic nitrogens is 1. The number of rotatable bonds is 3. The van der Waals surface area contributed by atoms with Crippen molar-refractivity contribution in [3.05, 3.63) is 36.2 Å². The van der Waals surface area contributed by atoms with Gasteiger partial charge in [-0.1, -0.05) is 18.2 Å². The molecule has 0 aliphatic heterocycles. The number of hydrogen-bond acceptors (Lipinski definition) is 2. The van der Waals surface area contributed by atoms with Crippen molar-refractivity contribution in [3.8, 4) is 0 Å². The first-order valence-corrected chi connectivity index (χ1v) is 4.11. The zero-order chi connectivity index (χ0) is 8.81. The van der Waals surface area contributed by atoms with Crippen molar-refractivity contribution in [2.75, 3.05) is 0 Å². The third-order valence-electron chi connectivity index (χ3n) is 1.50. The van der Waals surface area contributed by atoms with Gasteiger partial charge in [0.25, 0.3) is 0 Å². The summed E-state index contributed by atoms with van der Waals surface area (Å²) in [5.74, 6) is 0. The second-order valence-electron chi connectivity index (χ2n) is 2.90. The molecule has 1 atom stereocenters. The molecule has 64 valence electrons. The maximum atomic E-state index is 5.59. The Bertz CT molecular complexity index is 239. The predicted molar refractivity (Wildman–Crippen MR) is 51.5 cm³/mol. The van der Waals surface area contributed by atoms with E-state index in [9.17, 15) is 0 Å². The third-order valence-corrected chi connectivity index (χ3v) is 1.50. The summed E-state index contributed by atoms with van der Waals surface area (Å²) >= 11 is 0. The molecule has 2 heteroatoms. The summed E-state index contributed by atoms with van der Waals surface area (Å²) in [5, 5.41) is 0. The largest absolute Gasteiger partial charge is 0.328 e. The molecular weight excluding hydrogens is 148 g/mol. The molecule has 1 heterocycles. The van der Waals surface area contributed by atoms with E-state index in [1.165, 1.54) is 0 Å². The molecular formula is C10H14N2. The van der Waals surface area contributed by atoms with Crippen molar-refractivity contribution in [1.29, 1.82) is 0 Å². The van der Waals surface area contributed by atoms with Crippen molar-refractivity contribution in [1.82, 2.24) is 4.98 Å². The van der Waals surface area contributed by atoms with Crippen LogP contribution in [0.4, 0.5) is 0 Å². The van der Waals surface area contributed by atoms with Gasteiger partial charge >= 0.3 is 0 Å². The SMILES string of the molecule is CC(N)C/C=C/c1cccnc1. The molecule has 1 unspecified atom stereocenters. The lowest BCUT2D eigenvalue weighted by atomic mass is 10.2. The number of hydrogen-bond donors (Lipinski definition) is 1. The first kappa shape index (κ1) is 8.94. The van der Waals surface area contributed by atoms with Crippen LogP contribution in [-0.2, 0) is 0 Å². The quantitative estimate of drug-likeness (QED) is 0.736. The van der Waals surface area contributed by atoms with Gasteiger partial charge in [0, 0.05) is 18.4 Å². The second-order valence-corrected chi connectivity index (χ2v) is 2.90. The van der Waals surface area contributed by atoms with E-state index < -0.39 is 0 Å². The van der Waals surface area contributed by atoms with Gasteiger partial charge in [-0.05, 0) is 25.0 Å². The summed E-state index contributed by atoms with van der Waals surface area (Å²) in [6.45, 7) is 1.99. The zero-order valence-corrected chi connectivity index (χ0v) is 7.27. The Balaban J connectivity index is 2.47. The van der Waals surface area contributed by atoms with E-state index >= 15 is 0 Å². The van der Waals surface area contributed by atoms with Crippen molar-refractivity contribution >= 4 is 6.08 Å². The van der Waals surface area contributed by atoms with Gasteiger partial charge in [0.05, 0.1) is 0 Å². The molecule has 0 radical (unpaired) electrons. The number of pyridine rings is 1. The average molecular weight is 162 g/mol. The van der Waals surface area contributed by atoms with Crippen LogP contribution in [-0.4, -0.2) is 11.0 Å². The monoisotopic (exact) mass is 162 g/mol. The summed E-state index contributed by atoms with van der Waals surface area (Å²) in [7, 11) is 0. The Morgan fingerprint density at radius 2 is 2.50 bits per heavy atom. The van der Waals surface area contributed by atoms with E-state index in [0.717, 1.165) is 12.0 Å². The molecule has 0 saturated heterocycles. The Hall–Kier alpha value is -1.15. The average Bonchev–Trinajstić information content (AvgIpc) is 2.05. The molecule has 0 aliphatic carbocycles.